The van der Waals surface area contributed by atoms with Crippen LogP contribution in [-0.2, 0) is 15.3 Å². The lowest BCUT2D eigenvalue weighted by atomic mass is 9.80. The number of ether oxygens (including phenoxy) is 1. The van der Waals surface area contributed by atoms with Gasteiger partial charge in [-0.1, -0.05) is 18.2 Å². The Morgan fingerprint density at radius 3 is 2.58 bits per heavy atom. The molecule has 1 saturated heterocycles. The first kappa shape index (κ1) is 18.5. The number of hydrogen-bond acceptors (Lipinski definition) is 5. The van der Waals surface area contributed by atoms with Crippen LogP contribution < -0.4 is 5.32 Å². The van der Waals surface area contributed by atoms with Crippen molar-refractivity contribution in [1.29, 1.82) is 0 Å². The van der Waals surface area contributed by atoms with E-state index in [1.165, 1.54) is 6.26 Å². The fraction of sp³-hybridized carbons (Fsp3) is 0.368. The molecule has 2 N–H and O–H groups in total. The number of benzene rings is 1. The predicted octanol–water partition coefficient (Wildman–Crippen LogP) is 3.18. The third kappa shape index (κ3) is 4.28. The zero-order valence-corrected chi connectivity index (χ0v) is 15.1. The molecule has 3 rings (SSSR count). The Kier molecular flexibility index (Phi) is 6.00. The van der Waals surface area contributed by atoms with E-state index in [-0.39, 0.29) is 18.2 Å². The number of rotatable bonds is 7. The van der Waals surface area contributed by atoms with Crippen LogP contribution in [0.2, 0.25) is 0 Å². The summed E-state index contributed by atoms with van der Waals surface area (Å²) in [7, 11) is 0. The minimum atomic E-state index is -0.973. The van der Waals surface area contributed by atoms with Gasteiger partial charge >= 0.3 is 5.97 Å². The van der Waals surface area contributed by atoms with Gasteiger partial charge in [-0.15, -0.1) is 11.8 Å². The quantitative estimate of drug-likeness (QED) is 0.723. The number of hydrogen-bond donors (Lipinski definition) is 2. The van der Waals surface area contributed by atoms with Gasteiger partial charge in [-0.25, -0.2) is 0 Å². The molecule has 0 radical (unpaired) electrons. The molecule has 6 nitrogen and oxygen atoms in total. The molecular weight excluding hydrogens is 354 g/mol. The van der Waals surface area contributed by atoms with Crippen LogP contribution in [0.4, 0.5) is 0 Å². The molecule has 7 heteroatoms. The van der Waals surface area contributed by atoms with Crippen LogP contribution in [-0.4, -0.2) is 36.7 Å². The van der Waals surface area contributed by atoms with Gasteiger partial charge in [-0.2, -0.15) is 0 Å². The summed E-state index contributed by atoms with van der Waals surface area (Å²) in [6, 6.07) is 11.7. The van der Waals surface area contributed by atoms with Crippen molar-refractivity contribution < 1.29 is 23.8 Å². The molecule has 0 atom stereocenters. The average molecular weight is 375 g/mol. The van der Waals surface area contributed by atoms with E-state index in [0.29, 0.717) is 31.8 Å². The van der Waals surface area contributed by atoms with E-state index >= 15 is 0 Å². The number of carbonyl (C=O) groups excluding carboxylic acids is 1. The summed E-state index contributed by atoms with van der Waals surface area (Å²) >= 11 is 1.61. The molecule has 26 heavy (non-hydrogen) atoms. The molecule has 1 amide bonds. The summed E-state index contributed by atoms with van der Waals surface area (Å²) in [6.07, 6.45) is 2.26. The van der Waals surface area contributed by atoms with Gasteiger partial charge in [0.2, 0.25) is 0 Å². The van der Waals surface area contributed by atoms with Crippen molar-refractivity contribution in [1.82, 2.24) is 5.32 Å². The number of thioether (sulfide) groups is 1. The van der Waals surface area contributed by atoms with Gasteiger partial charge in [0.25, 0.3) is 5.91 Å². The van der Waals surface area contributed by atoms with E-state index in [9.17, 15) is 14.7 Å². The molecule has 138 valence electrons. The highest BCUT2D eigenvalue weighted by atomic mass is 32.2. The van der Waals surface area contributed by atoms with Crippen LogP contribution in [0.3, 0.4) is 0 Å². The van der Waals surface area contributed by atoms with Gasteiger partial charge in [0.05, 0.1) is 11.7 Å². The Hall–Kier alpha value is -2.25. The minimum Gasteiger partial charge on any atom is -0.481 e. The van der Waals surface area contributed by atoms with Crippen LogP contribution in [0.25, 0.3) is 0 Å². The Bertz CT molecular complexity index is 752. The van der Waals surface area contributed by atoms with Gasteiger partial charge in [0.15, 0.2) is 5.76 Å². The number of carboxylic acid groups (broad SMARTS) is 1. The first-order valence-corrected chi connectivity index (χ1v) is 9.43. The highest BCUT2D eigenvalue weighted by Gasteiger charge is 2.40. The Balaban J connectivity index is 1.61. The largest absolute Gasteiger partial charge is 0.481 e. The summed E-state index contributed by atoms with van der Waals surface area (Å²) in [5.74, 6) is -0.450. The van der Waals surface area contributed by atoms with Crippen molar-refractivity contribution in [3.63, 3.8) is 0 Å². The van der Waals surface area contributed by atoms with Crippen LogP contribution >= 0.6 is 11.8 Å². The highest BCUT2D eigenvalue weighted by molar-refractivity contribution is 7.98. The SMILES string of the molecule is O=C(NCC1(C(=O)O)CCOCC1)c1occc1CSc1ccccc1. The molecule has 0 spiro atoms. The number of nitrogens with one attached hydrogen (secondary N) is 1. The molecule has 2 aromatic rings. The van der Waals surface area contributed by atoms with Gasteiger partial charge in [-0.3, -0.25) is 9.59 Å². The fourth-order valence-electron chi connectivity index (χ4n) is 2.88. The zero-order valence-electron chi connectivity index (χ0n) is 14.3. The van der Waals surface area contributed by atoms with E-state index in [1.54, 1.807) is 17.8 Å². The van der Waals surface area contributed by atoms with Crippen molar-refractivity contribution in [2.24, 2.45) is 5.41 Å². The van der Waals surface area contributed by atoms with Gasteiger partial charge < -0.3 is 19.6 Å². The molecule has 1 aromatic carbocycles. The summed E-state index contributed by atoms with van der Waals surface area (Å²) in [5, 5.41) is 12.3. The third-order valence-electron chi connectivity index (χ3n) is 4.58. The van der Waals surface area contributed by atoms with E-state index in [1.807, 2.05) is 30.3 Å². The predicted molar refractivity (Wildman–Crippen MR) is 97.2 cm³/mol. The van der Waals surface area contributed by atoms with Gasteiger partial charge in [0.1, 0.15) is 0 Å². The number of carboxylic acids is 1. The number of carbonyl (C=O) groups is 2. The van der Waals surface area contributed by atoms with Crippen molar-refractivity contribution in [2.75, 3.05) is 19.8 Å². The molecular formula is C19H21NO5S. The number of amides is 1. The fourth-order valence-corrected chi connectivity index (χ4v) is 3.78. The van der Waals surface area contributed by atoms with Gasteiger partial charge in [-0.05, 0) is 31.0 Å². The molecule has 0 saturated carbocycles. The summed E-state index contributed by atoms with van der Waals surface area (Å²) in [6.45, 7) is 0.847. The van der Waals surface area contributed by atoms with Crippen LogP contribution in [0.5, 0.6) is 0 Å². The maximum absolute atomic E-state index is 12.5. The Morgan fingerprint density at radius 1 is 1.15 bits per heavy atom. The standard InChI is InChI=1S/C19H21NO5S/c21-17(20-13-19(18(22)23)7-10-24-11-8-19)16-14(6-9-25-16)12-26-15-4-2-1-3-5-15/h1-6,9H,7-8,10-13H2,(H,20,21)(H,22,23). The smallest absolute Gasteiger partial charge is 0.311 e. The van der Waals surface area contributed by atoms with Crippen molar-refractivity contribution in [3.05, 3.63) is 54.0 Å². The third-order valence-corrected chi connectivity index (χ3v) is 5.64. The first-order valence-electron chi connectivity index (χ1n) is 8.44. The second-order valence-corrected chi connectivity index (χ2v) is 7.31. The van der Waals surface area contributed by atoms with Gasteiger partial charge in [0, 0.05) is 36.0 Å². The molecule has 1 aliphatic heterocycles. The van der Waals surface area contributed by atoms with Crippen LogP contribution in [0, 0.1) is 5.41 Å². The van der Waals surface area contributed by atoms with E-state index in [2.05, 4.69) is 5.32 Å². The zero-order chi connectivity index (χ0) is 18.4. The van der Waals surface area contributed by atoms with Crippen molar-refractivity contribution >= 4 is 23.6 Å². The Morgan fingerprint density at radius 2 is 1.88 bits per heavy atom. The number of aliphatic carboxylic acids is 1. The van der Waals surface area contributed by atoms with E-state index in [0.717, 1.165) is 10.5 Å². The topological polar surface area (TPSA) is 88.8 Å². The van der Waals surface area contributed by atoms with Crippen molar-refractivity contribution in [2.45, 2.75) is 23.5 Å². The first-order chi connectivity index (χ1) is 12.6. The molecule has 0 unspecified atom stereocenters. The molecule has 0 bridgehead atoms. The lowest BCUT2D eigenvalue weighted by Crippen LogP contribution is -2.46. The monoisotopic (exact) mass is 375 g/mol. The average Bonchev–Trinajstić information content (AvgIpc) is 3.14. The lowest BCUT2D eigenvalue weighted by Gasteiger charge is -2.33. The summed E-state index contributed by atoms with van der Waals surface area (Å²) in [4.78, 5) is 25.3. The molecule has 1 aliphatic rings. The van der Waals surface area contributed by atoms with Crippen molar-refractivity contribution in [3.8, 4) is 0 Å². The summed E-state index contributed by atoms with van der Waals surface area (Å²) < 4.78 is 10.6. The maximum atomic E-state index is 12.5. The summed E-state index contributed by atoms with van der Waals surface area (Å²) in [5.41, 5.74) is -0.188. The second kappa shape index (κ2) is 8.42. The highest BCUT2D eigenvalue weighted by Crippen LogP contribution is 2.30. The van der Waals surface area contributed by atoms with E-state index in [4.69, 9.17) is 9.15 Å². The maximum Gasteiger partial charge on any atom is 0.311 e. The Labute approximate surface area is 155 Å². The van der Waals surface area contributed by atoms with Crippen LogP contribution in [0.1, 0.15) is 29.0 Å². The normalized spacial score (nSPS) is 16.2. The van der Waals surface area contributed by atoms with Crippen LogP contribution in [0.15, 0.2) is 52.0 Å². The minimum absolute atomic E-state index is 0.0660. The molecule has 1 aromatic heterocycles. The lowest BCUT2D eigenvalue weighted by molar-refractivity contribution is -0.154. The number of furan rings is 1. The second-order valence-electron chi connectivity index (χ2n) is 6.26. The van der Waals surface area contributed by atoms with E-state index < -0.39 is 11.4 Å². The molecule has 0 aliphatic carbocycles. The molecule has 2 heterocycles. The molecule has 1 fully saturated rings.